The summed E-state index contributed by atoms with van der Waals surface area (Å²) in [4.78, 5) is 24.3. The summed E-state index contributed by atoms with van der Waals surface area (Å²) in [5, 5.41) is 0. The van der Waals surface area contributed by atoms with Crippen LogP contribution in [0.25, 0.3) is 6.08 Å². The van der Waals surface area contributed by atoms with Crippen molar-refractivity contribution in [3.63, 3.8) is 0 Å². The molecule has 2 amide bonds. The first kappa shape index (κ1) is 20.9. The van der Waals surface area contributed by atoms with E-state index in [0.29, 0.717) is 17.1 Å². The molecule has 0 aromatic heterocycles. The highest BCUT2D eigenvalue weighted by atomic mass is 19.1. The van der Waals surface area contributed by atoms with Crippen molar-refractivity contribution in [3.8, 4) is 11.5 Å². The number of ether oxygens (including phenoxy) is 2. The summed E-state index contributed by atoms with van der Waals surface area (Å²) in [7, 11) is 2.95. The van der Waals surface area contributed by atoms with E-state index in [0.717, 1.165) is 12.1 Å². The number of likely N-dealkylation sites (N-methyl/N-ethyl adjacent to an activating group) is 1. The van der Waals surface area contributed by atoms with Gasteiger partial charge < -0.3 is 20.1 Å². The lowest BCUT2D eigenvalue weighted by Crippen LogP contribution is -2.24. The van der Waals surface area contributed by atoms with Gasteiger partial charge >= 0.3 is 0 Å². The number of halogens is 2. The second-order valence-corrected chi connectivity index (χ2v) is 5.93. The van der Waals surface area contributed by atoms with Crippen molar-refractivity contribution in [2.45, 2.75) is 6.54 Å². The summed E-state index contributed by atoms with van der Waals surface area (Å²) in [6.45, 7) is -0.284. The van der Waals surface area contributed by atoms with Crippen LogP contribution in [0.3, 0.4) is 0 Å². The van der Waals surface area contributed by atoms with Crippen LogP contribution in [0.1, 0.15) is 11.1 Å². The van der Waals surface area contributed by atoms with E-state index in [4.69, 9.17) is 15.2 Å². The molecule has 0 fully saturated rings. The van der Waals surface area contributed by atoms with Gasteiger partial charge in [-0.15, -0.1) is 0 Å². The van der Waals surface area contributed by atoms with Crippen LogP contribution in [0.15, 0.2) is 42.5 Å². The maximum atomic E-state index is 13.7. The Kier molecular flexibility index (Phi) is 7.08. The first-order valence-corrected chi connectivity index (χ1v) is 8.26. The van der Waals surface area contributed by atoms with Gasteiger partial charge in [0.05, 0.1) is 7.11 Å². The molecule has 6 nitrogen and oxygen atoms in total. The molecule has 0 radical (unpaired) electrons. The fraction of sp³-hybridized carbons (Fsp3) is 0.200. The summed E-state index contributed by atoms with van der Waals surface area (Å²) in [5.41, 5.74) is 5.91. The van der Waals surface area contributed by atoms with Gasteiger partial charge in [0.15, 0.2) is 18.1 Å². The van der Waals surface area contributed by atoms with Crippen LogP contribution >= 0.6 is 0 Å². The molecular formula is C20H20F2N2O4. The summed E-state index contributed by atoms with van der Waals surface area (Å²) in [6, 6.07) is 8.09. The molecule has 0 spiro atoms. The Labute approximate surface area is 161 Å². The number of nitrogens with zero attached hydrogens (tertiary/aromatic N) is 1. The number of benzene rings is 2. The normalized spacial score (nSPS) is 10.7. The molecular weight excluding hydrogens is 370 g/mol. The van der Waals surface area contributed by atoms with Crippen molar-refractivity contribution in [1.29, 1.82) is 0 Å². The fourth-order valence-electron chi connectivity index (χ4n) is 2.33. The molecule has 0 saturated carbocycles. The average molecular weight is 390 g/mol. The maximum absolute atomic E-state index is 13.7. The van der Waals surface area contributed by atoms with Crippen LogP contribution in [0.4, 0.5) is 8.78 Å². The highest BCUT2D eigenvalue weighted by Crippen LogP contribution is 2.28. The Balaban J connectivity index is 2.05. The monoisotopic (exact) mass is 390 g/mol. The van der Waals surface area contributed by atoms with Crippen molar-refractivity contribution in [2.24, 2.45) is 5.73 Å². The van der Waals surface area contributed by atoms with Crippen LogP contribution in [-0.2, 0) is 16.1 Å². The van der Waals surface area contributed by atoms with E-state index in [-0.39, 0.29) is 24.6 Å². The molecule has 28 heavy (non-hydrogen) atoms. The molecule has 0 saturated heterocycles. The lowest BCUT2D eigenvalue weighted by atomic mass is 10.1. The summed E-state index contributed by atoms with van der Waals surface area (Å²) in [6.07, 6.45) is 2.88. The van der Waals surface area contributed by atoms with Crippen molar-refractivity contribution in [3.05, 3.63) is 65.2 Å². The van der Waals surface area contributed by atoms with Crippen molar-refractivity contribution < 1.29 is 27.8 Å². The maximum Gasteiger partial charge on any atom is 0.255 e. The van der Waals surface area contributed by atoms with Gasteiger partial charge in [-0.1, -0.05) is 12.1 Å². The molecule has 0 aliphatic heterocycles. The second kappa shape index (κ2) is 9.50. The Morgan fingerprint density at radius 1 is 1.14 bits per heavy atom. The topological polar surface area (TPSA) is 81.9 Å². The third-order valence-electron chi connectivity index (χ3n) is 3.77. The minimum Gasteiger partial charge on any atom is -0.493 e. The third kappa shape index (κ3) is 5.80. The van der Waals surface area contributed by atoms with Crippen LogP contribution in [0.5, 0.6) is 11.5 Å². The molecule has 0 heterocycles. The molecule has 0 aliphatic carbocycles. The predicted molar refractivity (Wildman–Crippen MR) is 99.5 cm³/mol. The summed E-state index contributed by atoms with van der Waals surface area (Å²) < 4.78 is 37.1. The zero-order valence-corrected chi connectivity index (χ0v) is 15.4. The zero-order chi connectivity index (χ0) is 20.7. The number of amides is 2. The van der Waals surface area contributed by atoms with Crippen LogP contribution < -0.4 is 15.2 Å². The number of carbonyl (C=O) groups is 2. The highest BCUT2D eigenvalue weighted by Gasteiger charge is 2.11. The number of primary amides is 1. The Hall–Kier alpha value is -3.42. The molecule has 0 unspecified atom stereocenters. The Morgan fingerprint density at radius 3 is 2.54 bits per heavy atom. The molecule has 2 aromatic rings. The van der Waals surface area contributed by atoms with Gasteiger partial charge in [0.25, 0.3) is 5.91 Å². The van der Waals surface area contributed by atoms with Gasteiger partial charge in [-0.25, -0.2) is 8.78 Å². The molecule has 0 aliphatic rings. The first-order chi connectivity index (χ1) is 13.3. The molecule has 148 valence electrons. The number of hydrogen-bond donors (Lipinski definition) is 1. The van der Waals surface area contributed by atoms with Crippen LogP contribution in [0, 0.1) is 11.6 Å². The van der Waals surface area contributed by atoms with Crippen LogP contribution in [-0.4, -0.2) is 37.5 Å². The van der Waals surface area contributed by atoms with Gasteiger partial charge in [0.1, 0.15) is 11.6 Å². The van der Waals surface area contributed by atoms with Gasteiger partial charge in [-0.3, -0.25) is 9.59 Å². The number of carbonyl (C=O) groups excluding carboxylic acids is 2. The number of methoxy groups -OCH3 is 1. The predicted octanol–water partition coefficient (Wildman–Crippen LogP) is 2.51. The molecule has 0 bridgehead atoms. The average Bonchev–Trinajstić information content (AvgIpc) is 2.66. The lowest BCUT2D eigenvalue weighted by molar-refractivity contribution is -0.125. The lowest BCUT2D eigenvalue weighted by Gasteiger charge is -2.15. The smallest absolute Gasteiger partial charge is 0.255 e. The van der Waals surface area contributed by atoms with Gasteiger partial charge in [0.2, 0.25) is 5.91 Å². The van der Waals surface area contributed by atoms with Gasteiger partial charge in [-0.2, -0.15) is 0 Å². The van der Waals surface area contributed by atoms with E-state index < -0.39 is 17.5 Å². The molecule has 2 aromatic carbocycles. The van der Waals surface area contributed by atoms with E-state index in [1.807, 2.05) is 0 Å². The Morgan fingerprint density at radius 2 is 1.89 bits per heavy atom. The molecule has 0 atom stereocenters. The number of rotatable bonds is 8. The fourth-order valence-corrected chi connectivity index (χ4v) is 2.33. The van der Waals surface area contributed by atoms with E-state index >= 15 is 0 Å². The minimum atomic E-state index is -0.708. The third-order valence-corrected chi connectivity index (χ3v) is 3.77. The van der Waals surface area contributed by atoms with Crippen molar-refractivity contribution in [2.75, 3.05) is 20.8 Å². The van der Waals surface area contributed by atoms with Crippen molar-refractivity contribution >= 4 is 17.9 Å². The van der Waals surface area contributed by atoms with Crippen molar-refractivity contribution in [1.82, 2.24) is 4.90 Å². The first-order valence-electron chi connectivity index (χ1n) is 8.26. The van der Waals surface area contributed by atoms with E-state index in [9.17, 15) is 18.4 Å². The van der Waals surface area contributed by atoms with E-state index in [1.54, 1.807) is 24.3 Å². The summed E-state index contributed by atoms with van der Waals surface area (Å²) in [5.74, 6) is -1.65. The largest absolute Gasteiger partial charge is 0.493 e. The highest BCUT2D eigenvalue weighted by molar-refractivity contribution is 5.91. The zero-order valence-electron chi connectivity index (χ0n) is 15.4. The molecule has 2 N–H and O–H groups in total. The summed E-state index contributed by atoms with van der Waals surface area (Å²) >= 11 is 0. The van der Waals surface area contributed by atoms with Gasteiger partial charge in [0, 0.05) is 31.3 Å². The SMILES string of the molecule is COc1cc(/C=C/C(=O)N(C)Cc2ccc(F)cc2F)ccc1OCC(N)=O. The van der Waals surface area contributed by atoms with Crippen LogP contribution in [0.2, 0.25) is 0 Å². The second-order valence-electron chi connectivity index (χ2n) is 5.93. The quantitative estimate of drug-likeness (QED) is 0.703. The van der Waals surface area contributed by atoms with Gasteiger partial charge in [-0.05, 0) is 29.8 Å². The standard InChI is InChI=1S/C20H20F2N2O4/c1-24(11-14-5-6-15(21)10-16(14)22)20(26)8-4-13-3-7-17(18(9-13)27-2)28-12-19(23)25/h3-10H,11-12H2,1-2H3,(H2,23,25)/b8-4+. The van der Waals surface area contributed by atoms with E-state index in [1.165, 1.54) is 31.2 Å². The van der Waals surface area contributed by atoms with E-state index in [2.05, 4.69) is 0 Å². The number of nitrogens with two attached hydrogens (primary N) is 1. The minimum absolute atomic E-state index is 0.00149. The Bertz CT molecular complexity index is 900. The number of hydrogen-bond acceptors (Lipinski definition) is 4. The molecule has 8 heteroatoms. The molecule has 2 rings (SSSR count).